The number of aryl methyl sites for hydroxylation is 1. The van der Waals surface area contributed by atoms with Gasteiger partial charge in [0.05, 0.1) is 6.54 Å². The molecule has 0 unspecified atom stereocenters. The highest BCUT2D eigenvalue weighted by Crippen LogP contribution is 2.29. The van der Waals surface area contributed by atoms with E-state index in [2.05, 4.69) is 25.6 Å². The Labute approximate surface area is 173 Å². The Morgan fingerprint density at radius 2 is 1.73 bits per heavy atom. The van der Waals surface area contributed by atoms with E-state index in [1.807, 2.05) is 49.4 Å². The van der Waals surface area contributed by atoms with E-state index in [1.54, 1.807) is 19.1 Å². The first-order valence-electron chi connectivity index (χ1n) is 9.39. The molecule has 4 rings (SSSR count). The van der Waals surface area contributed by atoms with Gasteiger partial charge in [-0.05, 0) is 31.5 Å². The summed E-state index contributed by atoms with van der Waals surface area (Å²) in [5, 5.41) is 5.82. The SMILES string of the molecule is Cc1ccc(Nc2nc(N)nc(CN3C(=O)N[C@](C)(c4ccccc4)C3=O)n2)cc1. The number of benzene rings is 2. The summed E-state index contributed by atoms with van der Waals surface area (Å²) in [5.41, 5.74) is 7.27. The van der Waals surface area contributed by atoms with E-state index in [-0.39, 0.29) is 30.2 Å². The molecule has 152 valence electrons. The molecule has 0 bridgehead atoms. The van der Waals surface area contributed by atoms with Gasteiger partial charge in [-0.1, -0.05) is 48.0 Å². The molecule has 4 N–H and O–H groups in total. The Bertz CT molecular complexity index is 1100. The van der Waals surface area contributed by atoms with Crippen LogP contribution in [0.4, 0.5) is 22.4 Å². The standard InChI is InChI=1S/C21H21N7O2/c1-13-8-10-15(11-9-13)23-19-25-16(24-18(22)26-19)12-28-17(29)21(2,27-20(28)30)14-6-4-3-5-7-14/h3-11H,12H2,1-2H3,(H,27,30)(H3,22,23,24,25,26)/t21-/m1/s1. The van der Waals surface area contributed by atoms with Crippen molar-refractivity contribution < 1.29 is 9.59 Å². The zero-order valence-electron chi connectivity index (χ0n) is 16.6. The fraction of sp³-hybridized carbons (Fsp3) is 0.190. The molecule has 0 spiro atoms. The van der Waals surface area contributed by atoms with Crippen molar-refractivity contribution in [2.24, 2.45) is 0 Å². The Hall–Kier alpha value is -4.01. The van der Waals surface area contributed by atoms with Crippen molar-refractivity contribution in [1.82, 2.24) is 25.2 Å². The van der Waals surface area contributed by atoms with Gasteiger partial charge in [0.15, 0.2) is 5.82 Å². The molecule has 1 aromatic heterocycles. The molecule has 0 radical (unpaired) electrons. The third-order valence-corrected chi connectivity index (χ3v) is 4.93. The Morgan fingerprint density at radius 1 is 1.03 bits per heavy atom. The number of nitrogens with two attached hydrogens (primary N) is 1. The zero-order chi connectivity index (χ0) is 21.3. The number of amides is 3. The summed E-state index contributed by atoms with van der Waals surface area (Å²) in [4.78, 5) is 39.2. The predicted octanol–water partition coefficient (Wildman–Crippen LogP) is 2.47. The van der Waals surface area contributed by atoms with Crippen molar-refractivity contribution in [2.45, 2.75) is 25.9 Å². The van der Waals surface area contributed by atoms with E-state index in [0.717, 1.165) is 16.2 Å². The van der Waals surface area contributed by atoms with Crippen molar-refractivity contribution in [1.29, 1.82) is 0 Å². The molecule has 0 saturated carbocycles. The van der Waals surface area contributed by atoms with Crippen molar-refractivity contribution >= 4 is 29.5 Å². The van der Waals surface area contributed by atoms with Crippen LogP contribution < -0.4 is 16.4 Å². The molecule has 1 fully saturated rings. The third-order valence-electron chi connectivity index (χ3n) is 4.93. The molecule has 1 aliphatic heterocycles. The van der Waals surface area contributed by atoms with E-state index in [1.165, 1.54) is 0 Å². The molecule has 3 aromatic rings. The lowest BCUT2D eigenvalue weighted by molar-refractivity contribution is -0.131. The van der Waals surface area contributed by atoms with Gasteiger partial charge < -0.3 is 16.4 Å². The number of hydrogen-bond donors (Lipinski definition) is 3. The monoisotopic (exact) mass is 403 g/mol. The number of carbonyl (C=O) groups excluding carboxylic acids is 2. The summed E-state index contributed by atoms with van der Waals surface area (Å²) < 4.78 is 0. The van der Waals surface area contributed by atoms with Gasteiger partial charge in [-0.2, -0.15) is 15.0 Å². The molecular formula is C21H21N7O2. The maximum Gasteiger partial charge on any atom is 0.325 e. The quantitative estimate of drug-likeness (QED) is 0.559. The second kappa shape index (κ2) is 7.43. The highest BCUT2D eigenvalue weighted by molar-refractivity contribution is 6.07. The number of aromatic nitrogens is 3. The van der Waals surface area contributed by atoms with Gasteiger partial charge in [0.25, 0.3) is 5.91 Å². The zero-order valence-corrected chi connectivity index (χ0v) is 16.6. The minimum absolute atomic E-state index is 0.00696. The summed E-state index contributed by atoms with van der Waals surface area (Å²) in [6.45, 7) is 3.54. The number of carbonyl (C=O) groups is 2. The lowest BCUT2D eigenvalue weighted by Gasteiger charge is -2.22. The number of nitrogen functional groups attached to an aromatic ring is 1. The number of imide groups is 1. The second-order valence-electron chi connectivity index (χ2n) is 7.24. The molecule has 1 aliphatic rings. The van der Waals surface area contributed by atoms with Crippen molar-refractivity contribution in [3.05, 3.63) is 71.5 Å². The van der Waals surface area contributed by atoms with Gasteiger partial charge in [-0.25, -0.2) is 4.79 Å². The maximum atomic E-state index is 13.1. The molecule has 1 saturated heterocycles. The van der Waals surface area contributed by atoms with Crippen LogP contribution in [0.5, 0.6) is 0 Å². The van der Waals surface area contributed by atoms with Crippen LogP contribution in [0.15, 0.2) is 54.6 Å². The van der Waals surface area contributed by atoms with Crippen molar-refractivity contribution in [3.63, 3.8) is 0 Å². The predicted molar refractivity (Wildman–Crippen MR) is 112 cm³/mol. The Kier molecular flexibility index (Phi) is 4.78. The highest BCUT2D eigenvalue weighted by Gasteiger charge is 2.49. The maximum absolute atomic E-state index is 13.1. The van der Waals surface area contributed by atoms with Crippen LogP contribution in [-0.2, 0) is 16.9 Å². The van der Waals surface area contributed by atoms with E-state index in [0.29, 0.717) is 5.56 Å². The Morgan fingerprint density at radius 3 is 2.43 bits per heavy atom. The molecule has 3 amide bonds. The van der Waals surface area contributed by atoms with E-state index < -0.39 is 11.6 Å². The Balaban J connectivity index is 1.57. The van der Waals surface area contributed by atoms with Gasteiger partial charge >= 0.3 is 6.03 Å². The van der Waals surface area contributed by atoms with Crippen LogP contribution in [0.3, 0.4) is 0 Å². The number of anilines is 3. The van der Waals surface area contributed by atoms with E-state index >= 15 is 0 Å². The number of rotatable bonds is 5. The van der Waals surface area contributed by atoms with Crippen molar-refractivity contribution in [2.75, 3.05) is 11.1 Å². The third kappa shape index (κ3) is 3.64. The van der Waals surface area contributed by atoms with Crippen LogP contribution in [0.25, 0.3) is 0 Å². The molecule has 1 atom stereocenters. The number of hydrogen-bond acceptors (Lipinski definition) is 7. The summed E-state index contributed by atoms with van der Waals surface area (Å²) >= 11 is 0. The first-order valence-corrected chi connectivity index (χ1v) is 9.39. The summed E-state index contributed by atoms with van der Waals surface area (Å²) in [7, 11) is 0. The minimum atomic E-state index is -1.15. The largest absolute Gasteiger partial charge is 0.368 e. The van der Waals surface area contributed by atoms with Crippen LogP contribution in [0.1, 0.15) is 23.9 Å². The average molecular weight is 403 g/mol. The molecule has 30 heavy (non-hydrogen) atoms. The molecule has 0 aliphatic carbocycles. The van der Waals surface area contributed by atoms with Crippen molar-refractivity contribution in [3.8, 4) is 0 Å². The normalized spacial score (nSPS) is 18.4. The molecule has 9 heteroatoms. The van der Waals surface area contributed by atoms with Crippen LogP contribution in [0, 0.1) is 6.92 Å². The average Bonchev–Trinajstić information content (AvgIpc) is 2.94. The van der Waals surface area contributed by atoms with E-state index in [9.17, 15) is 9.59 Å². The number of nitrogens with zero attached hydrogens (tertiary/aromatic N) is 4. The van der Waals surface area contributed by atoms with Gasteiger partial charge in [0.2, 0.25) is 11.9 Å². The topological polar surface area (TPSA) is 126 Å². The molecular weight excluding hydrogens is 382 g/mol. The van der Waals surface area contributed by atoms with Crippen LogP contribution in [-0.4, -0.2) is 31.8 Å². The van der Waals surface area contributed by atoms with Gasteiger partial charge in [-0.15, -0.1) is 0 Å². The second-order valence-corrected chi connectivity index (χ2v) is 7.24. The molecule has 2 heterocycles. The fourth-order valence-corrected chi connectivity index (χ4v) is 3.28. The summed E-state index contributed by atoms with van der Waals surface area (Å²) in [5.74, 6) is 0.0513. The number of nitrogens with one attached hydrogen (secondary N) is 2. The van der Waals surface area contributed by atoms with Crippen LogP contribution >= 0.6 is 0 Å². The first kappa shape index (κ1) is 19.3. The molecule has 2 aromatic carbocycles. The molecule has 9 nitrogen and oxygen atoms in total. The minimum Gasteiger partial charge on any atom is -0.368 e. The van der Waals surface area contributed by atoms with Gasteiger partial charge in [0, 0.05) is 5.69 Å². The fourth-order valence-electron chi connectivity index (χ4n) is 3.28. The van der Waals surface area contributed by atoms with E-state index in [4.69, 9.17) is 5.73 Å². The van der Waals surface area contributed by atoms with Gasteiger partial charge in [-0.3, -0.25) is 9.69 Å². The lowest BCUT2D eigenvalue weighted by atomic mass is 9.92. The smallest absolute Gasteiger partial charge is 0.325 e. The summed E-state index contributed by atoms with van der Waals surface area (Å²) in [6.07, 6.45) is 0. The highest BCUT2D eigenvalue weighted by atomic mass is 16.2. The van der Waals surface area contributed by atoms with Crippen LogP contribution in [0.2, 0.25) is 0 Å². The summed E-state index contributed by atoms with van der Waals surface area (Å²) in [6, 6.07) is 16.2. The first-order chi connectivity index (χ1) is 14.3. The van der Waals surface area contributed by atoms with Gasteiger partial charge in [0.1, 0.15) is 5.54 Å². The number of urea groups is 1. The lowest BCUT2D eigenvalue weighted by Crippen LogP contribution is -2.40.